The summed E-state index contributed by atoms with van der Waals surface area (Å²) in [5.41, 5.74) is 2.89. The molecule has 0 unspecified atom stereocenters. The van der Waals surface area contributed by atoms with Crippen LogP contribution in [0.25, 0.3) is 0 Å². The molecule has 5 heteroatoms. The van der Waals surface area contributed by atoms with Crippen LogP contribution in [0.15, 0.2) is 29.3 Å². The van der Waals surface area contributed by atoms with Crippen LogP contribution in [0.5, 0.6) is 0 Å². The fourth-order valence-corrected chi connectivity index (χ4v) is 3.06. The van der Waals surface area contributed by atoms with Crippen LogP contribution >= 0.6 is 11.3 Å². The maximum Gasteiger partial charge on any atom is 0.190 e. The topological polar surface area (TPSA) is 54.6 Å². The molecule has 0 atom stereocenters. The average Bonchev–Trinajstić information content (AvgIpc) is 2.71. The molecule has 0 aliphatic rings. The second-order valence-electron chi connectivity index (χ2n) is 4.68. The van der Waals surface area contributed by atoms with Crippen LogP contribution in [0.4, 0.5) is 5.69 Å². The predicted molar refractivity (Wildman–Crippen MR) is 80.5 cm³/mol. The Morgan fingerprint density at radius 1 is 1.30 bits per heavy atom. The monoisotopic (exact) mass is 290 g/mol. The van der Waals surface area contributed by atoms with Gasteiger partial charge in [-0.25, -0.2) is 4.99 Å². The molecule has 1 N–H and O–H groups in total. The first-order valence-electron chi connectivity index (χ1n) is 6.46. The summed E-state index contributed by atoms with van der Waals surface area (Å²) >= 11 is 1.37. The molecule has 20 heavy (non-hydrogen) atoms. The molecule has 0 fully saturated rings. The summed E-state index contributed by atoms with van der Waals surface area (Å²) in [5, 5.41) is 9.18. The van der Waals surface area contributed by atoms with Crippen molar-refractivity contribution in [3.05, 3.63) is 45.2 Å². The molecular formula is C15H18N2O2S. The van der Waals surface area contributed by atoms with E-state index in [0.717, 1.165) is 16.2 Å². The van der Waals surface area contributed by atoms with Crippen LogP contribution in [0, 0.1) is 13.8 Å². The molecule has 0 saturated heterocycles. The smallest absolute Gasteiger partial charge is 0.190 e. The van der Waals surface area contributed by atoms with Crippen LogP contribution in [0.1, 0.15) is 27.9 Å². The second-order valence-corrected chi connectivity index (χ2v) is 5.66. The Hall–Kier alpha value is -1.72. The first-order valence-corrected chi connectivity index (χ1v) is 7.28. The zero-order valence-corrected chi connectivity index (χ0v) is 12.7. The Morgan fingerprint density at radius 3 is 2.50 bits per heavy atom. The van der Waals surface area contributed by atoms with Crippen molar-refractivity contribution in [3.63, 3.8) is 0 Å². The Labute approximate surface area is 122 Å². The maximum atomic E-state index is 11.6. The molecule has 0 radical (unpaired) electrons. The molecule has 0 aliphatic carbocycles. The molecule has 1 aromatic heterocycles. The van der Waals surface area contributed by atoms with Crippen molar-refractivity contribution >= 4 is 22.8 Å². The summed E-state index contributed by atoms with van der Waals surface area (Å²) in [6, 6.07) is 7.89. The molecule has 1 aromatic carbocycles. The van der Waals surface area contributed by atoms with Gasteiger partial charge in [-0.3, -0.25) is 4.79 Å². The van der Waals surface area contributed by atoms with Crippen molar-refractivity contribution in [3.8, 4) is 0 Å². The zero-order chi connectivity index (χ0) is 14.7. The van der Waals surface area contributed by atoms with Gasteiger partial charge in [0.05, 0.1) is 17.2 Å². The van der Waals surface area contributed by atoms with Gasteiger partial charge in [0, 0.05) is 19.2 Å². The molecule has 1 heterocycles. The number of hydrogen-bond donors (Lipinski definition) is 1. The van der Waals surface area contributed by atoms with Crippen molar-refractivity contribution < 1.29 is 9.90 Å². The number of Topliss-reactive ketones (excluding diaryl/α,β-unsaturated/α-hetero) is 1. The highest BCUT2D eigenvalue weighted by Gasteiger charge is 2.12. The average molecular weight is 290 g/mol. The third-order valence-electron chi connectivity index (χ3n) is 3.06. The Morgan fingerprint density at radius 2 is 1.95 bits per heavy atom. The lowest BCUT2D eigenvalue weighted by atomic mass is 10.2. The largest absolute Gasteiger partial charge is 0.395 e. The van der Waals surface area contributed by atoms with E-state index < -0.39 is 0 Å². The van der Waals surface area contributed by atoms with Gasteiger partial charge in [0.2, 0.25) is 0 Å². The summed E-state index contributed by atoms with van der Waals surface area (Å²) in [6.07, 6.45) is 0. The van der Waals surface area contributed by atoms with Gasteiger partial charge in [0.1, 0.15) is 0 Å². The summed E-state index contributed by atoms with van der Waals surface area (Å²) in [4.78, 5) is 17.6. The number of carbonyl (C=O) groups is 1. The Balaban J connectivity index is 2.57. The quantitative estimate of drug-likeness (QED) is 0.880. The molecule has 2 rings (SSSR count). The predicted octanol–water partition coefficient (Wildman–Crippen LogP) is 2.59. The van der Waals surface area contributed by atoms with E-state index >= 15 is 0 Å². The van der Waals surface area contributed by atoms with Gasteiger partial charge in [-0.05, 0) is 26.0 Å². The van der Waals surface area contributed by atoms with E-state index in [1.165, 1.54) is 16.9 Å². The molecule has 4 nitrogen and oxygen atoms in total. The highest BCUT2D eigenvalue weighted by Crippen LogP contribution is 2.16. The van der Waals surface area contributed by atoms with Crippen molar-refractivity contribution in [1.82, 2.24) is 4.57 Å². The van der Waals surface area contributed by atoms with E-state index in [-0.39, 0.29) is 12.4 Å². The summed E-state index contributed by atoms with van der Waals surface area (Å²) in [7, 11) is 0. The minimum Gasteiger partial charge on any atom is -0.395 e. The summed E-state index contributed by atoms with van der Waals surface area (Å²) in [6.45, 7) is 5.93. The Kier molecular flexibility index (Phi) is 4.52. The van der Waals surface area contributed by atoms with Crippen LogP contribution in [-0.4, -0.2) is 22.1 Å². The van der Waals surface area contributed by atoms with E-state index in [9.17, 15) is 9.90 Å². The lowest BCUT2D eigenvalue weighted by Crippen LogP contribution is -2.18. The molecule has 0 amide bonds. The molecular weight excluding hydrogens is 272 g/mol. The number of nitrogens with zero attached hydrogens (tertiary/aromatic N) is 2. The van der Waals surface area contributed by atoms with Gasteiger partial charge >= 0.3 is 0 Å². The third-order valence-corrected chi connectivity index (χ3v) is 4.34. The number of rotatable bonds is 4. The van der Waals surface area contributed by atoms with Crippen molar-refractivity contribution in [2.45, 2.75) is 27.3 Å². The fourth-order valence-electron chi connectivity index (χ4n) is 1.99. The lowest BCUT2D eigenvalue weighted by Gasteiger charge is -2.03. The van der Waals surface area contributed by atoms with Crippen molar-refractivity contribution in [1.29, 1.82) is 0 Å². The van der Waals surface area contributed by atoms with Crippen LogP contribution < -0.4 is 4.80 Å². The van der Waals surface area contributed by atoms with E-state index in [2.05, 4.69) is 4.99 Å². The highest BCUT2D eigenvalue weighted by molar-refractivity contribution is 7.11. The number of aryl methyl sites for hydroxylation is 1. The minimum atomic E-state index is 0.0238. The number of aliphatic hydroxyl groups excluding tert-OH is 1. The molecule has 0 bridgehead atoms. The highest BCUT2D eigenvalue weighted by atomic mass is 32.1. The number of aromatic nitrogens is 1. The standard InChI is InChI=1S/C15H18N2O2S/c1-10-4-6-13(7-5-10)16-15-17(8-9-18)11(2)14(20-15)12(3)19/h4-7,18H,8-9H2,1-3H3. The normalized spacial score (nSPS) is 11.9. The number of aliphatic hydroxyl groups is 1. The van der Waals surface area contributed by atoms with Gasteiger partial charge in [-0.1, -0.05) is 29.0 Å². The maximum absolute atomic E-state index is 11.6. The molecule has 0 aliphatic heterocycles. The van der Waals surface area contributed by atoms with Crippen LogP contribution in [0.2, 0.25) is 0 Å². The van der Waals surface area contributed by atoms with E-state index in [4.69, 9.17) is 0 Å². The first-order chi connectivity index (χ1) is 9.52. The number of hydrogen-bond acceptors (Lipinski definition) is 4. The Bertz CT molecular complexity index is 681. The van der Waals surface area contributed by atoms with Gasteiger partial charge < -0.3 is 9.67 Å². The minimum absolute atomic E-state index is 0.0238. The van der Waals surface area contributed by atoms with E-state index in [1.807, 2.05) is 42.7 Å². The number of thiazole rings is 1. The number of ketones is 1. The van der Waals surface area contributed by atoms with Crippen LogP contribution in [0.3, 0.4) is 0 Å². The van der Waals surface area contributed by atoms with E-state index in [1.54, 1.807) is 6.92 Å². The second kappa shape index (κ2) is 6.15. The van der Waals surface area contributed by atoms with Crippen LogP contribution in [-0.2, 0) is 6.54 Å². The number of benzene rings is 1. The number of carbonyl (C=O) groups excluding carboxylic acids is 1. The molecule has 106 valence electrons. The molecule has 2 aromatic rings. The molecule has 0 spiro atoms. The van der Waals surface area contributed by atoms with Gasteiger partial charge in [0.15, 0.2) is 10.6 Å². The summed E-state index contributed by atoms with van der Waals surface area (Å²) < 4.78 is 1.89. The molecule has 0 saturated carbocycles. The van der Waals surface area contributed by atoms with Gasteiger partial charge in [-0.15, -0.1) is 0 Å². The SMILES string of the molecule is CC(=O)c1sc(=Nc2ccc(C)cc2)n(CCO)c1C. The zero-order valence-electron chi connectivity index (χ0n) is 11.9. The van der Waals surface area contributed by atoms with Gasteiger partial charge in [-0.2, -0.15) is 0 Å². The van der Waals surface area contributed by atoms with Gasteiger partial charge in [0.25, 0.3) is 0 Å². The van der Waals surface area contributed by atoms with Crippen molar-refractivity contribution in [2.75, 3.05) is 6.61 Å². The fraction of sp³-hybridized carbons (Fsp3) is 0.333. The third kappa shape index (κ3) is 3.05. The van der Waals surface area contributed by atoms with Crippen molar-refractivity contribution in [2.24, 2.45) is 4.99 Å². The van der Waals surface area contributed by atoms with E-state index in [0.29, 0.717) is 11.4 Å². The lowest BCUT2D eigenvalue weighted by molar-refractivity contribution is 0.102. The summed E-state index contributed by atoms with van der Waals surface area (Å²) in [5.74, 6) is 0.0320. The first kappa shape index (κ1) is 14.7.